The molecule has 0 bridgehead atoms. The van der Waals surface area contributed by atoms with Crippen molar-refractivity contribution in [1.29, 1.82) is 0 Å². The van der Waals surface area contributed by atoms with Crippen LogP contribution >= 0.6 is 0 Å². The van der Waals surface area contributed by atoms with Gasteiger partial charge in [0.1, 0.15) is 33.0 Å². The Hall–Kier alpha value is -2.56. The zero-order valence-corrected chi connectivity index (χ0v) is 13.3. The van der Waals surface area contributed by atoms with Gasteiger partial charge >= 0.3 is 0 Å². The fourth-order valence-electron chi connectivity index (χ4n) is 2.54. The van der Waals surface area contributed by atoms with Gasteiger partial charge in [0.2, 0.25) is 0 Å². The van der Waals surface area contributed by atoms with E-state index in [-0.39, 0.29) is 11.0 Å². The number of aromatic amines is 1. The molecule has 1 N–H and O–H groups in total. The van der Waals surface area contributed by atoms with Crippen LogP contribution in [0, 0.1) is 5.82 Å². The van der Waals surface area contributed by atoms with E-state index in [1.54, 1.807) is 19.4 Å². The normalized spacial score (nSPS) is 11.4. The molecule has 4 nitrogen and oxygen atoms in total. The third kappa shape index (κ3) is 2.86. The summed E-state index contributed by atoms with van der Waals surface area (Å²) >= 11 is 0. The topological polar surface area (TPSA) is 50.8 Å². The van der Waals surface area contributed by atoms with Gasteiger partial charge in [0.05, 0.1) is 13.3 Å². The van der Waals surface area contributed by atoms with Crippen molar-refractivity contribution in [3.05, 3.63) is 65.9 Å². The maximum absolute atomic E-state index is 13.6. The Morgan fingerprint density at radius 1 is 1.22 bits per heavy atom. The number of aromatic nitrogens is 3. The molecule has 2 aromatic heterocycles. The maximum atomic E-state index is 13.6. The molecule has 0 aliphatic carbocycles. The van der Waals surface area contributed by atoms with Crippen molar-refractivity contribution in [2.45, 2.75) is 5.21 Å². The van der Waals surface area contributed by atoms with Crippen LogP contribution in [0.5, 0.6) is 5.75 Å². The fraction of sp³-hybridized carbons (Fsp3) is 0.125. The van der Waals surface area contributed by atoms with Gasteiger partial charge in [0, 0.05) is 17.5 Å². The lowest BCUT2D eigenvalue weighted by molar-refractivity contribution is 0.414. The molecule has 1 aromatic carbocycles. The van der Waals surface area contributed by atoms with Gasteiger partial charge in [0.15, 0.2) is 0 Å². The predicted octanol–water partition coefficient (Wildman–Crippen LogP) is 1.09. The highest BCUT2D eigenvalue weighted by Crippen LogP contribution is 2.32. The molecule has 0 atom stereocenters. The molecule has 0 aliphatic rings. The molecule has 0 unspecified atom stereocenters. The quantitative estimate of drug-likeness (QED) is 0.734. The molecule has 3 aromatic rings. The first-order valence-electron chi connectivity index (χ1n) is 7.33. The number of hydrogen-bond donors (Lipinski definition) is 1. The molecule has 0 amide bonds. The lowest BCUT2D eigenvalue weighted by atomic mass is 9.50. The van der Waals surface area contributed by atoms with E-state index in [2.05, 4.69) is 25.9 Å². The summed E-state index contributed by atoms with van der Waals surface area (Å²) in [5.41, 5.74) is 3.20. The van der Waals surface area contributed by atoms with Crippen molar-refractivity contribution in [2.24, 2.45) is 0 Å². The molecule has 0 saturated carbocycles. The van der Waals surface area contributed by atoms with Crippen molar-refractivity contribution in [3.8, 4) is 17.0 Å². The SMILES string of the molecule is BC(B)(c1cn[nH]c1)c1ccc(OC)c(-c2cccc(F)c2)n1. The molecule has 114 valence electrons. The second kappa shape index (κ2) is 5.91. The van der Waals surface area contributed by atoms with Crippen LogP contribution in [-0.2, 0) is 5.21 Å². The van der Waals surface area contributed by atoms with E-state index in [0.717, 1.165) is 11.3 Å². The monoisotopic (exact) mass is 307 g/mol. The number of rotatable bonds is 4. The van der Waals surface area contributed by atoms with Gasteiger partial charge in [0.25, 0.3) is 0 Å². The van der Waals surface area contributed by atoms with Crippen LogP contribution < -0.4 is 4.74 Å². The highest BCUT2D eigenvalue weighted by atomic mass is 19.1. The van der Waals surface area contributed by atoms with Crippen molar-refractivity contribution >= 4 is 15.7 Å². The molecule has 0 saturated heterocycles. The first-order chi connectivity index (χ1) is 11.0. The minimum Gasteiger partial charge on any atom is -0.494 e. The van der Waals surface area contributed by atoms with Crippen LogP contribution in [0.25, 0.3) is 11.3 Å². The Bertz CT molecular complexity index is 822. The second-order valence-corrected chi connectivity index (χ2v) is 5.87. The minimum atomic E-state index is -0.332. The number of ether oxygens (including phenoxy) is 1. The first kappa shape index (κ1) is 15.3. The number of nitrogens with one attached hydrogen (secondary N) is 1. The van der Waals surface area contributed by atoms with Gasteiger partial charge in [-0.15, -0.1) is 0 Å². The first-order valence-corrected chi connectivity index (χ1v) is 7.33. The molecular weight excluding hydrogens is 291 g/mol. The Labute approximate surface area is 135 Å². The van der Waals surface area contributed by atoms with Gasteiger partial charge in [-0.3, -0.25) is 5.10 Å². The lowest BCUT2D eigenvalue weighted by Gasteiger charge is -2.24. The number of halogens is 1. The van der Waals surface area contributed by atoms with Gasteiger partial charge in [-0.2, -0.15) is 5.10 Å². The van der Waals surface area contributed by atoms with E-state index in [9.17, 15) is 4.39 Å². The van der Waals surface area contributed by atoms with Gasteiger partial charge in [-0.05, 0) is 35.0 Å². The summed E-state index contributed by atoms with van der Waals surface area (Å²) in [6.45, 7) is 0. The summed E-state index contributed by atoms with van der Waals surface area (Å²) in [7, 11) is 5.73. The Morgan fingerprint density at radius 3 is 2.70 bits per heavy atom. The van der Waals surface area contributed by atoms with Crippen LogP contribution in [-0.4, -0.2) is 38.0 Å². The third-order valence-electron chi connectivity index (χ3n) is 4.04. The second-order valence-electron chi connectivity index (χ2n) is 5.87. The predicted molar refractivity (Wildman–Crippen MR) is 92.6 cm³/mol. The summed E-state index contributed by atoms with van der Waals surface area (Å²) < 4.78 is 19.0. The van der Waals surface area contributed by atoms with E-state index in [1.807, 2.05) is 24.4 Å². The molecule has 2 heterocycles. The minimum absolute atomic E-state index is 0.300. The number of methoxy groups -OCH3 is 1. The molecule has 0 spiro atoms. The molecule has 0 fully saturated rings. The van der Waals surface area contributed by atoms with Crippen LogP contribution in [0.3, 0.4) is 0 Å². The molecule has 0 aliphatic heterocycles. The molecule has 23 heavy (non-hydrogen) atoms. The smallest absolute Gasteiger partial charge is 0.145 e. The highest BCUT2D eigenvalue weighted by Gasteiger charge is 2.27. The van der Waals surface area contributed by atoms with E-state index in [0.29, 0.717) is 17.0 Å². The van der Waals surface area contributed by atoms with Crippen molar-refractivity contribution in [3.63, 3.8) is 0 Å². The van der Waals surface area contributed by atoms with Gasteiger partial charge in [-0.1, -0.05) is 12.1 Å². The van der Waals surface area contributed by atoms with E-state index < -0.39 is 0 Å². The Balaban J connectivity index is 2.13. The average Bonchev–Trinajstić information content (AvgIpc) is 3.09. The van der Waals surface area contributed by atoms with Crippen LogP contribution in [0.15, 0.2) is 48.8 Å². The number of hydrogen-bond acceptors (Lipinski definition) is 3. The van der Waals surface area contributed by atoms with E-state index in [1.165, 1.54) is 12.1 Å². The number of nitrogens with zero attached hydrogens (tertiary/aromatic N) is 2. The molecule has 0 radical (unpaired) electrons. The fourth-order valence-corrected chi connectivity index (χ4v) is 2.54. The summed E-state index contributed by atoms with van der Waals surface area (Å²) in [6, 6.07) is 10.1. The lowest BCUT2D eigenvalue weighted by Crippen LogP contribution is -2.29. The Kier molecular flexibility index (Phi) is 3.94. The zero-order chi connectivity index (χ0) is 16.4. The molecule has 7 heteroatoms. The summed E-state index contributed by atoms with van der Waals surface area (Å²) in [4.78, 5) is 4.75. The zero-order valence-electron chi connectivity index (χ0n) is 13.3. The largest absolute Gasteiger partial charge is 0.494 e. The maximum Gasteiger partial charge on any atom is 0.145 e. The van der Waals surface area contributed by atoms with Crippen molar-refractivity contribution in [1.82, 2.24) is 15.2 Å². The number of benzene rings is 1. The van der Waals surface area contributed by atoms with Crippen molar-refractivity contribution in [2.75, 3.05) is 7.11 Å². The van der Waals surface area contributed by atoms with Gasteiger partial charge < -0.3 is 4.74 Å². The summed E-state index contributed by atoms with van der Waals surface area (Å²) in [6.07, 6.45) is 3.64. The van der Waals surface area contributed by atoms with E-state index in [4.69, 9.17) is 9.72 Å². The van der Waals surface area contributed by atoms with Crippen LogP contribution in [0.2, 0.25) is 0 Å². The molecular formula is C16H16B2FN3O. The van der Waals surface area contributed by atoms with Crippen LogP contribution in [0.4, 0.5) is 4.39 Å². The highest BCUT2D eigenvalue weighted by molar-refractivity contribution is 6.42. The van der Waals surface area contributed by atoms with Crippen LogP contribution in [0.1, 0.15) is 11.3 Å². The van der Waals surface area contributed by atoms with Gasteiger partial charge in [-0.25, -0.2) is 9.37 Å². The van der Waals surface area contributed by atoms with E-state index >= 15 is 0 Å². The standard InChI is InChI=1S/C16H16B2FN3O/c1-23-13-5-6-14(16(17,18)11-8-20-21-9-11)22-15(13)10-3-2-4-12(19)7-10/h2-9H,17-18H2,1H3,(H,20,21). The number of pyridine rings is 1. The molecule has 3 rings (SSSR count). The van der Waals surface area contributed by atoms with Crippen molar-refractivity contribution < 1.29 is 9.13 Å². The average molecular weight is 307 g/mol. The summed E-state index contributed by atoms with van der Waals surface area (Å²) in [5.74, 6) is 0.313. The third-order valence-corrected chi connectivity index (χ3v) is 4.04. The number of H-pyrrole nitrogens is 1. The Morgan fingerprint density at radius 2 is 2.04 bits per heavy atom. The summed E-state index contributed by atoms with van der Waals surface area (Å²) in [5, 5.41) is 6.51.